The summed E-state index contributed by atoms with van der Waals surface area (Å²) in [7, 11) is 1.68. The largest absolute Gasteiger partial charge is 0.493 e. The molecule has 0 aliphatic rings. The van der Waals surface area contributed by atoms with Gasteiger partial charge < -0.3 is 20.6 Å². The number of ether oxygens (including phenoxy) is 1. The fourth-order valence-corrected chi connectivity index (χ4v) is 1.42. The van der Waals surface area contributed by atoms with Crippen LogP contribution in [0.1, 0.15) is 12.8 Å². The van der Waals surface area contributed by atoms with Crippen molar-refractivity contribution in [2.75, 3.05) is 20.2 Å². The smallest absolute Gasteiger partial charge is 0.225 e. The van der Waals surface area contributed by atoms with Crippen LogP contribution in [0.25, 0.3) is 0 Å². The standard InChI is InChI=1S/C13H19N3O3/c1-16(9-7-12(14)15-18)13(17)8-10-19-11-5-3-2-4-6-11/h2-6,18H,7-10H2,1H3,(H2,14,15). The van der Waals surface area contributed by atoms with Crippen molar-refractivity contribution in [2.45, 2.75) is 12.8 Å². The van der Waals surface area contributed by atoms with Crippen LogP contribution in [0, 0.1) is 0 Å². The van der Waals surface area contributed by atoms with Gasteiger partial charge in [-0.15, -0.1) is 0 Å². The molecule has 0 saturated heterocycles. The topological polar surface area (TPSA) is 88.1 Å². The van der Waals surface area contributed by atoms with Crippen LogP contribution in [0.15, 0.2) is 35.5 Å². The van der Waals surface area contributed by atoms with Crippen LogP contribution < -0.4 is 10.5 Å². The monoisotopic (exact) mass is 265 g/mol. The SMILES string of the molecule is CN(CC/C(N)=N/O)C(=O)CCOc1ccccc1. The maximum Gasteiger partial charge on any atom is 0.225 e. The summed E-state index contributed by atoms with van der Waals surface area (Å²) >= 11 is 0. The molecule has 0 spiro atoms. The average molecular weight is 265 g/mol. The number of amidine groups is 1. The number of amides is 1. The van der Waals surface area contributed by atoms with Crippen LogP contribution in [0.5, 0.6) is 5.75 Å². The molecule has 0 radical (unpaired) electrons. The Morgan fingerprint density at radius 3 is 2.68 bits per heavy atom. The predicted octanol–water partition coefficient (Wildman–Crippen LogP) is 1.05. The molecule has 1 amide bonds. The second-order valence-electron chi connectivity index (χ2n) is 4.07. The summed E-state index contributed by atoms with van der Waals surface area (Å²) in [6.45, 7) is 0.747. The molecule has 0 fully saturated rings. The molecular weight excluding hydrogens is 246 g/mol. The zero-order valence-electron chi connectivity index (χ0n) is 11.0. The van der Waals surface area contributed by atoms with Gasteiger partial charge in [-0.25, -0.2) is 0 Å². The number of oxime groups is 1. The Bertz CT molecular complexity index is 420. The Kier molecular flexibility index (Phi) is 6.21. The molecule has 0 aliphatic carbocycles. The van der Waals surface area contributed by atoms with Crippen molar-refractivity contribution in [1.29, 1.82) is 0 Å². The van der Waals surface area contributed by atoms with Gasteiger partial charge in [0.2, 0.25) is 5.91 Å². The van der Waals surface area contributed by atoms with E-state index in [1.54, 1.807) is 7.05 Å². The third-order valence-corrected chi connectivity index (χ3v) is 2.59. The van der Waals surface area contributed by atoms with Gasteiger partial charge in [0.25, 0.3) is 0 Å². The molecule has 0 aliphatic heterocycles. The van der Waals surface area contributed by atoms with Crippen LogP contribution in [-0.4, -0.2) is 42.0 Å². The van der Waals surface area contributed by atoms with Crippen LogP contribution in [0.4, 0.5) is 0 Å². The molecule has 3 N–H and O–H groups in total. The lowest BCUT2D eigenvalue weighted by atomic mass is 10.3. The van der Waals surface area contributed by atoms with Crippen molar-refractivity contribution in [3.05, 3.63) is 30.3 Å². The minimum atomic E-state index is -0.0401. The Labute approximate surface area is 112 Å². The van der Waals surface area contributed by atoms with Crippen molar-refractivity contribution in [1.82, 2.24) is 4.90 Å². The first-order valence-electron chi connectivity index (χ1n) is 6.01. The molecule has 0 bridgehead atoms. The zero-order chi connectivity index (χ0) is 14.1. The molecule has 1 aromatic rings. The third kappa shape index (κ3) is 5.76. The number of hydrogen-bond donors (Lipinski definition) is 2. The molecule has 1 aromatic carbocycles. The Balaban J connectivity index is 2.23. The van der Waals surface area contributed by atoms with Crippen LogP contribution in [0.3, 0.4) is 0 Å². The number of para-hydroxylation sites is 1. The quantitative estimate of drug-likeness (QED) is 0.334. The van der Waals surface area contributed by atoms with Gasteiger partial charge in [0.15, 0.2) is 0 Å². The van der Waals surface area contributed by atoms with Gasteiger partial charge in [-0.05, 0) is 12.1 Å². The van der Waals surface area contributed by atoms with Gasteiger partial charge in [-0.3, -0.25) is 4.79 Å². The molecule has 0 aromatic heterocycles. The number of nitrogens with two attached hydrogens (primary N) is 1. The lowest BCUT2D eigenvalue weighted by Gasteiger charge is -2.16. The van der Waals surface area contributed by atoms with E-state index < -0.39 is 0 Å². The van der Waals surface area contributed by atoms with Crippen LogP contribution in [-0.2, 0) is 4.79 Å². The summed E-state index contributed by atoms with van der Waals surface area (Å²) < 4.78 is 5.44. The Hall–Kier alpha value is -2.24. The highest BCUT2D eigenvalue weighted by molar-refractivity contribution is 5.81. The van der Waals surface area contributed by atoms with Gasteiger partial charge in [-0.1, -0.05) is 23.4 Å². The molecule has 0 heterocycles. The second-order valence-corrected chi connectivity index (χ2v) is 4.07. The normalized spacial score (nSPS) is 11.1. The van der Waals surface area contributed by atoms with E-state index in [2.05, 4.69) is 5.16 Å². The summed E-state index contributed by atoms with van der Waals surface area (Å²) in [5.41, 5.74) is 5.33. The third-order valence-electron chi connectivity index (χ3n) is 2.59. The number of carbonyl (C=O) groups excluding carboxylic acids is 1. The van der Waals surface area contributed by atoms with Gasteiger partial charge >= 0.3 is 0 Å². The lowest BCUT2D eigenvalue weighted by Crippen LogP contribution is -2.31. The minimum Gasteiger partial charge on any atom is -0.493 e. The molecule has 1 rings (SSSR count). The highest BCUT2D eigenvalue weighted by Crippen LogP contribution is 2.08. The fraction of sp³-hybridized carbons (Fsp3) is 0.385. The van der Waals surface area contributed by atoms with Crippen molar-refractivity contribution in [3.8, 4) is 5.75 Å². The minimum absolute atomic E-state index is 0.0401. The van der Waals surface area contributed by atoms with Crippen LogP contribution in [0.2, 0.25) is 0 Å². The molecule has 0 unspecified atom stereocenters. The fourth-order valence-electron chi connectivity index (χ4n) is 1.42. The predicted molar refractivity (Wildman–Crippen MR) is 72.2 cm³/mol. The summed E-state index contributed by atoms with van der Waals surface area (Å²) in [5, 5.41) is 11.2. The second kappa shape index (κ2) is 7.97. The highest BCUT2D eigenvalue weighted by Gasteiger charge is 2.09. The first kappa shape index (κ1) is 14.8. The van der Waals surface area contributed by atoms with Crippen molar-refractivity contribution < 1.29 is 14.7 Å². The molecule has 0 saturated carbocycles. The first-order chi connectivity index (χ1) is 9.13. The maximum absolute atomic E-state index is 11.7. The summed E-state index contributed by atoms with van der Waals surface area (Å²) in [4.78, 5) is 13.3. The van der Waals surface area contributed by atoms with E-state index in [4.69, 9.17) is 15.7 Å². The lowest BCUT2D eigenvalue weighted by molar-refractivity contribution is -0.130. The van der Waals surface area contributed by atoms with E-state index in [0.717, 1.165) is 5.75 Å². The van der Waals surface area contributed by atoms with Crippen molar-refractivity contribution in [3.63, 3.8) is 0 Å². The molecule has 0 atom stereocenters. The number of hydrogen-bond acceptors (Lipinski definition) is 4. The Morgan fingerprint density at radius 1 is 1.37 bits per heavy atom. The summed E-state index contributed by atoms with van der Waals surface area (Å²) in [5.74, 6) is 0.816. The van der Waals surface area contributed by atoms with Crippen LogP contribution >= 0.6 is 0 Å². The molecule has 19 heavy (non-hydrogen) atoms. The van der Waals surface area contributed by atoms with Crippen molar-refractivity contribution >= 4 is 11.7 Å². The van der Waals surface area contributed by atoms with Gasteiger partial charge in [0, 0.05) is 20.0 Å². The number of nitrogens with zero attached hydrogens (tertiary/aromatic N) is 2. The van der Waals surface area contributed by atoms with Gasteiger partial charge in [0.1, 0.15) is 11.6 Å². The summed E-state index contributed by atoms with van der Waals surface area (Å²) in [6.07, 6.45) is 0.639. The first-order valence-corrected chi connectivity index (χ1v) is 6.01. The summed E-state index contributed by atoms with van der Waals surface area (Å²) in [6, 6.07) is 9.33. The number of rotatable bonds is 7. The number of benzene rings is 1. The van der Waals surface area contributed by atoms with Gasteiger partial charge in [-0.2, -0.15) is 0 Å². The van der Waals surface area contributed by atoms with E-state index in [9.17, 15) is 4.79 Å². The van der Waals surface area contributed by atoms with Crippen molar-refractivity contribution in [2.24, 2.45) is 10.9 Å². The van der Waals surface area contributed by atoms with E-state index in [0.29, 0.717) is 26.0 Å². The average Bonchev–Trinajstić information content (AvgIpc) is 2.45. The molecule has 104 valence electrons. The molecule has 6 heteroatoms. The zero-order valence-corrected chi connectivity index (χ0v) is 11.0. The molecule has 6 nitrogen and oxygen atoms in total. The van der Waals surface area contributed by atoms with E-state index >= 15 is 0 Å². The van der Waals surface area contributed by atoms with E-state index in [1.165, 1.54) is 4.90 Å². The molecular formula is C13H19N3O3. The highest BCUT2D eigenvalue weighted by atomic mass is 16.5. The van der Waals surface area contributed by atoms with E-state index in [1.807, 2.05) is 30.3 Å². The maximum atomic E-state index is 11.7. The van der Waals surface area contributed by atoms with Gasteiger partial charge in [0.05, 0.1) is 13.0 Å². The van der Waals surface area contributed by atoms with E-state index in [-0.39, 0.29) is 11.7 Å². The Morgan fingerprint density at radius 2 is 2.05 bits per heavy atom. The number of carbonyl (C=O) groups is 1.